The van der Waals surface area contributed by atoms with Gasteiger partial charge in [-0.05, 0) is 40.6 Å². The normalized spacial score (nSPS) is 10.9. The monoisotopic (exact) mass is 347 g/mol. The van der Waals surface area contributed by atoms with Crippen molar-refractivity contribution in [2.75, 3.05) is 7.11 Å². The molecule has 1 heterocycles. The number of nitrogens with zero attached hydrogens (tertiary/aromatic N) is 3. The molecule has 3 aromatic carbocycles. The molecule has 0 amide bonds. The average Bonchev–Trinajstić information content (AvgIpc) is 3.15. The highest BCUT2D eigenvalue weighted by Gasteiger charge is 2.09. The van der Waals surface area contributed by atoms with Crippen molar-refractivity contribution in [3.05, 3.63) is 78.6 Å². The van der Waals surface area contributed by atoms with Crippen LogP contribution in [0.15, 0.2) is 78.2 Å². The Morgan fingerprint density at radius 2 is 1.76 bits per heavy atom. The number of benzene rings is 3. The van der Waals surface area contributed by atoms with Gasteiger partial charge in [0.15, 0.2) is 5.16 Å². The van der Waals surface area contributed by atoms with Crippen molar-refractivity contribution in [1.82, 2.24) is 14.8 Å². The van der Waals surface area contributed by atoms with Gasteiger partial charge in [-0.1, -0.05) is 54.2 Å². The lowest BCUT2D eigenvalue weighted by molar-refractivity contribution is 0.414. The number of hydrogen-bond donors (Lipinski definition) is 0. The van der Waals surface area contributed by atoms with Crippen LogP contribution in [-0.4, -0.2) is 21.9 Å². The topological polar surface area (TPSA) is 39.9 Å². The molecule has 0 unspecified atom stereocenters. The van der Waals surface area contributed by atoms with Crippen LogP contribution in [-0.2, 0) is 5.75 Å². The van der Waals surface area contributed by atoms with Gasteiger partial charge in [0.05, 0.1) is 7.11 Å². The van der Waals surface area contributed by atoms with Crippen LogP contribution in [0, 0.1) is 0 Å². The van der Waals surface area contributed by atoms with Crippen molar-refractivity contribution in [3.63, 3.8) is 0 Å². The van der Waals surface area contributed by atoms with E-state index in [9.17, 15) is 0 Å². The second-order valence-corrected chi connectivity index (χ2v) is 6.55. The molecule has 124 valence electrons. The van der Waals surface area contributed by atoms with Crippen LogP contribution in [0.5, 0.6) is 5.75 Å². The highest BCUT2D eigenvalue weighted by molar-refractivity contribution is 7.98. The summed E-state index contributed by atoms with van der Waals surface area (Å²) in [5, 5.41) is 11.8. The van der Waals surface area contributed by atoms with Crippen molar-refractivity contribution in [2.45, 2.75) is 10.9 Å². The second kappa shape index (κ2) is 6.99. The predicted octanol–water partition coefficient (Wildman–Crippen LogP) is 4.72. The quantitative estimate of drug-likeness (QED) is 0.490. The van der Waals surface area contributed by atoms with Crippen molar-refractivity contribution >= 4 is 22.5 Å². The summed E-state index contributed by atoms with van der Waals surface area (Å²) in [5.41, 5.74) is 2.32. The molecule has 4 nitrogen and oxygen atoms in total. The summed E-state index contributed by atoms with van der Waals surface area (Å²) in [6, 6.07) is 22.8. The third kappa shape index (κ3) is 3.23. The van der Waals surface area contributed by atoms with Gasteiger partial charge in [0.2, 0.25) is 0 Å². The average molecular weight is 347 g/mol. The Bertz CT molecular complexity index is 990. The number of fused-ring (bicyclic) bond motifs is 1. The summed E-state index contributed by atoms with van der Waals surface area (Å²) in [5.74, 6) is 1.68. The van der Waals surface area contributed by atoms with Gasteiger partial charge in [-0.2, -0.15) is 0 Å². The van der Waals surface area contributed by atoms with Crippen LogP contribution in [0.1, 0.15) is 5.56 Å². The van der Waals surface area contributed by atoms with Gasteiger partial charge in [0.25, 0.3) is 0 Å². The van der Waals surface area contributed by atoms with E-state index in [-0.39, 0.29) is 0 Å². The van der Waals surface area contributed by atoms with Gasteiger partial charge in [-0.15, -0.1) is 10.2 Å². The third-order valence-corrected chi connectivity index (χ3v) is 5.10. The van der Waals surface area contributed by atoms with Crippen molar-refractivity contribution in [3.8, 4) is 11.4 Å². The summed E-state index contributed by atoms with van der Waals surface area (Å²) >= 11 is 1.68. The van der Waals surface area contributed by atoms with E-state index in [2.05, 4.69) is 52.7 Å². The minimum Gasteiger partial charge on any atom is -0.497 e. The van der Waals surface area contributed by atoms with Gasteiger partial charge in [0.1, 0.15) is 12.1 Å². The molecular formula is C20H17N3OS. The van der Waals surface area contributed by atoms with Crippen LogP contribution < -0.4 is 4.74 Å². The molecule has 4 rings (SSSR count). The molecule has 0 saturated carbocycles. The Morgan fingerprint density at radius 1 is 0.960 bits per heavy atom. The van der Waals surface area contributed by atoms with E-state index in [0.717, 1.165) is 22.3 Å². The molecule has 0 aliphatic rings. The lowest BCUT2D eigenvalue weighted by atomic mass is 10.1. The maximum absolute atomic E-state index is 5.22. The molecule has 1 aromatic heterocycles. The van der Waals surface area contributed by atoms with Gasteiger partial charge in [-0.3, -0.25) is 4.57 Å². The molecule has 0 spiro atoms. The summed E-state index contributed by atoms with van der Waals surface area (Å²) in [6.07, 6.45) is 1.74. The molecule has 0 aliphatic heterocycles. The zero-order chi connectivity index (χ0) is 17.1. The standard InChI is InChI=1S/C20H17N3OS/c1-24-18-11-9-17(10-12-18)23-14-21-22-20(23)25-13-16-7-4-6-15-5-2-3-8-19(15)16/h2-12,14H,13H2,1H3. The van der Waals surface area contributed by atoms with Crippen LogP contribution >= 0.6 is 11.8 Å². The first kappa shape index (κ1) is 15.7. The Balaban J connectivity index is 1.58. The van der Waals surface area contributed by atoms with Crippen molar-refractivity contribution in [2.24, 2.45) is 0 Å². The third-order valence-electron chi connectivity index (χ3n) is 4.10. The number of ether oxygens (including phenoxy) is 1. The minimum atomic E-state index is 0.835. The SMILES string of the molecule is COc1ccc(-n2cnnc2SCc2cccc3ccccc23)cc1. The molecule has 0 aliphatic carbocycles. The van der Waals surface area contributed by atoms with Gasteiger partial charge in [-0.25, -0.2) is 0 Å². The van der Waals surface area contributed by atoms with E-state index in [1.54, 1.807) is 25.2 Å². The number of hydrogen-bond acceptors (Lipinski definition) is 4. The molecule has 5 heteroatoms. The fourth-order valence-corrected chi connectivity index (χ4v) is 3.74. The summed E-state index contributed by atoms with van der Waals surface area (Å²) in [4.78, 5) is 0. The number of methoxy groups -OCH3 is 1. The molecule has 0 bridgehead atoms. The van der Waals surface area contributed by atoms with Crippen LogP contribution in [0.25, 0.3) is 16.5 Å². The highest BCUT2D eigenvalue weighted by Crippen LogP contribution is 2.28. The molecular weight excluding hydrogens is 330 g/mol. The number of rotatable bonds is 5. The Hall–Kier alpha value is -2.79. The number of thioether (sulfide) groups is 1. The van der Waals surface area contributed by atoms with Crippen molar-refractivity contribution < 1.29 is 4.74 Å². The first-order valence-electron chi connectivity index (χ1n) is 7.99. The van der Waals surface area contributed by atoms with Crippen LogP contribution in [0.4, 0.5) is 0 Å². The summed E-state index contributed by atoms with van der Waals surface area (Å²) in [6.45, 7) is 0. The van der Waals surface area contributed by atoms with E-state index in [1.165, 1.54) is 16.3 Å². The summed E-state index contributed by atoms with van der Waals surface area (Å²) in [7, 11) is 1.67. The van der Waals surface area contributed by atoms with Crippen LogP contribution in [0.2, 0.25) is 0 Å². The lowest BCUT2D eigenvalue weighted by Gasteiger charge is -2.08. The second-order valence-electron chi connectivity index (χ2n) is 5.61. The molecule has 0 radical (unpaired) electrons. The summed E-state index contributed by atoms with van der Waals surface area (Å²) < 4.78 is 7.21. The molecule has 0 atom stereocenters. The molecule has 0 fully saturated rings. The van der Waals surface area contributed by atoms with E-state index < -0.39 is 0 Å². The van der Waals surface area contributed by atoms with E-state index in [0.29, 0.717) is 0 Å². The Morgan fingerprint density at radius 3 is 2.60 bits per heavy atom. The van der Waals surface area contributed by atoms with E-state index >= 15 is 0 Å². The molecule has 25 heavy (non-hydrogen) atoms. The first-order chi connectivity index (χ1) is 12.3. The molecule has 0 saturated heterocycles. The number of aromatic nitrogens is 3. The van der Waals surface area contributed by atoms with E-state index in [1.807, 2.05) is 28.8 Å². The lowest BCUT2D eigenvalue weighted by Crippen LogP contribution is -1.95. The maximum atomic E-state index is 5.22. The Kier molecular flexibility index (Phi) is 4.39. The molecule has 4 aromatic rings. The van der Waals surface area contributed by atoms with Gasteiger partial charge >= 0.3 is 0 Å². The molecule has 0 N–H and O–H groups in total. The fraction of sp³-hybridized carbons (Fsp3) is 0.100. The first-order valence-corrected chi connectivity index (χ1v) is 8.97. The zero-order valence-electron chi connectivity index (χ0n) is 13.8. The fourth-order valence-electron chi connectivity index (χ4n) is 2.80. The predicted molar refractivity (Wildman–Crippen MR) is 101 cm³/mol. The zero-order valence-corrected chi connectivity index (χ0v) is 14.6. The van der Waals surface area contributed by atoms with Crippen LogP contribution in [0.3, 0.4) is 0 Å². The van der Waals surface area contributed by atoms with Crippen molar-refractivity contribution in [1.29, 1.82) is 0 Å². The highest BCUT2D eigenvalue weighted by atomic mass is 32.2. The van der Waals surface area contributed by atoms with E-state index in [4.69, 9.17) is 4.74 Å². The minimum absolute atomic E-state index is 0.835. The van der Waals surface area contributed by atoms with Gasteiger partial charge < -0.3 is 4.74 Å². The largest absolute Gasteiger partial charge is 0.497 e. The smallest absolute Gasteiger partial charge is 0.195 e. The van der Waals surface area contributed by atoms with Gasteiger partial charge in [0, 0.05) is 11.4 Å². The maximum Gasteiger partial charge on any atom is 0.195 e. The Labute approximate surface area is 150 Å².